The summed E-state index contributed by atoms with van der Waals surface area (Å²) >= 11 is 2.02. The molecule has 2 rings (SSSR count). The third-order valence-corrected chi connectivity index (χ3v) is 4.11. The summed E-state index contributed by atoms with van der Waals surface area (Å²) in [7, 11) is 0. The van der Waals surface area contributed by atoms with Gasteiger partial charge in [-0.1, -0.05) is 63.2 Å². The molecule has 2 aromatic rings. The predicted molar refractivity (Wildman–Crippen MR) is 79.7 cm³/mol. The van der Waals surface area contributed by atoms with Crippen LogP contribution in [0.1, 0.15) is 38.5 Å². The number of thioether (sulfide) groups is 1. The number of hydrogen-bond donors (Lipinski definition) is 0. The molecule has 0 aliphatic carbocycles. The van der Waals surface area contributed by atoms with Gasteiger partial charge in [-0.05, 0) is 23.3 Å². The minimum absolute atomic E-state index is 0.311. The molecule has 0 nitrogen and oxygen atoms in total. The van der Waals surface area contributed by atoms with Crippen LogP contribution in [-0.2, 0) is 0 Å². The fourth-order valence-electron chi connectivity index (χ4n) is 2.06. The Labute approximate surface area is 108 Å². The minimum atomic E-state index is 0.311. The molecule has 0 radical (unpaired) electrons. The molecule has 0 aromatic heterocycles. The molecule has 0 aliphatic heterocycles. The average molecular weight is 244 g/mol. The second-order valence-electron chi connectivity index (χ2n) is 5.48. The van der Waals surface area contributed by atoms with Crippen molar-refractivity contribution in [2.24, 2.45) is 0 Å². The summed E-state index contributed by atoms with van der Waals surface area (Å²) in [5.41, 5.74) is 1.42. The van der Waals surface area contributed by atoms with E-state index in [9.17, 15) is 0 Å². The van der Waals surface area contributed by atoms with Crippen LogP contribution in [0.2, 0.25) is 0 Å². The first-order chi connectivity index (χ1) is 7.96. The van der Waals surface area contributed by atoms with Crippen molar-refractivity contribution >= 4 is 22.5 Å². The Bertz CT molecular complexity index is 508. The van der Waals surface area contributed by atoms with Gasteiger partial charge in [0.15, 0.2) is 0 Å². The second-order valence-corrected chi connectivity index (χ2v) is 7.65. The molecule has 0 fully saturated rings. The summed E-state index contributed by atoms with van der Waals surface area (Å²) < 4.78 is 0.311. The lowest BCUT2D eigenvalue weighted by molar-refractivity contribution is 0.794. The van der Waals surface area contributed by atoms with Crippen LogP contribution in [0.5, 0.6) is 0 Å². The monoisotopic (exact) mass is 244 g/mol. The van der Waals surface area contributed by atoms with E-state index in [1.165, 1.54) is 16.3 Å². The molecule has 17 heavy (non-hydrogen) atoms. The molecule has 1 unspecified atom stereocenters. The van der Waals surface area contributed by atoms with E-state index in [1.807, 2.05) is 11.8 Å². The van der Waals surface area contributed by atoms with E-state index in [0.29, 0.717) is 10.00 Å². The topological polar surface area (TPSA) is 0 Å². The highest BCUT2D eigenvalue weighted by atomic mass is 32.2. The van der Waals surface area contributed by atoms with Gasteiger partial charge in [0.1, 0.15) is 0 Å². The lowest BCUT2D eigenvalue weighted by atomic mass is 10.1. The van der Waals surface area contributed by atoms with Gasteiger partial charge in [-0.2, -0.15) is 0 Å². The lowest BCUT2D eigenvalue weighted by Gasteiger charge is -2.23. The number of hydrogen-bond acceptors (Lipinski definition) is 1. The number of fused-ring (bicyclic) bond motifs is 1. The summed E-state index contributed by atoms with van der Waals surface area (Å²) in [6.07, 6.45) is 0. The van der Waals surface area contributed by atoms with Crippen molar-refractivity contribution in [1.29, 1.82) is 0 Å². The molecule has 0 bridgehead atoms. The standard InChI is InChI=1S/C16H20S/c1-12(17-16(2,3)4)14-10-9-13-7-5-6-8-15(13)11-14/h5-12H,1-4H3. The van der Waals surface area contributed by atoms with Crippen molar-refractivity contribution in [3.63, 3.8) is 0 Å². The Morgan fingerprint density at radius 3 is 2.24 bits per heavy atom. The van der Waals surface area contributed by atoms with Crippen LogP contribution in [0.3, 0.4) is 0 Å². The maximum absolute atomic E-state index is 2.32. The molecule has 0 aliphatic rings. The van der Waals surface area contributed by atoms with Crippen molar-refractivity contribution in [2.75, 3.05) is 0 Å². The predicted octanol–water partition coefficient (Wildman–Crippen LogP) is 5.43. The molecule has 1 atom stereocenters. The molecule has 1 heteroatoms. The van der Waals surface area contributed by atoms with Crippen LogP contribution < -0.4 is 0 Å². The third kappa shape index (κ3) is 3.26. The zero-order valence-corrected chi connectivity index (χ0v) is 11.8. The largest absolute Gasteiger partial charge is 0.148 e. The van der Waals surface area contributed by atoms with Crippen LogP contribution in [0.4, 0.5) is 0 Å². The van der Waals surface area contributed by atoms with Crippen molar-refractivity contribution in [3.05, 3.63) is 48.0 Å². The Balaban J connectivity index is 2.30. The molecule has 90 valence electrons. The Kier molecular flexibility index (Phi) is 3.48. The van der Waals surface area contributed by atoms with E-state index < -0.39 is 0 Å². The molecule has 0 N–H and O–H groups in total. The number of rotatable bonds is 2. The quantitative estimate of drug-likeness (QED) is 0.678. The van der Waals surface area contributed by atoms with Crippen molar-refractivity contribution in [2.45, 2.75) is 37.7 Å². The zero-order chi connectivity index (χ0) is 12.5. The summed E-state index contributed by atoms with van der Waals surface area (Å²) in [6, 6.07) is 15.4. The fourth-order valence-corrected chi connectivity index (χ4v) is 3.40. The van der Waals surface area contributed by atoms with E-state index in [0.717, 1.165) is 0 Å². The Morgan fingerprint density at radius 1 is 0.941 bits per heavy atom. The molecular weight excluding hydrogens is 224 g/mol. The van der Waals surface area contributed by atoms with E-state index in [-0.39, 0.29) is 0 Å². The minimum Gasteiger partial charge on any atom is -0.148 e. The highest BCUT2D eigenvalue weighted by Gasteiger charge is 2.17. The van der Waals surface area contributed by atoms with Crippen LogP contribution in [0, 0.1) is 0 Å². The van der Waals surface area contributed by atoms with Crippen LogP contribution in [-0.4, -0.2) is 4.75 Å². The maximum atomic E-state index is 2.32. The molecule has 0 amide bonds. The molecular formula is C16H20S. The summed E-state index contributed by atoms with van der Waals surface area (Å²) in [4.78, 5) is 0. The van der Waals surface area contributed by atoms with Gasteiger partial charge in [0.05, 0.1) is 0 Å². The molecule has 2 aromatic carbocycles. The summed E-state index contributed by atoms with van der Waals surface area (Å²) in [5, 5.41) is 3.20. The van der Waals surface area contributed by atoms with E-state index in [4.69, 9.17) is 0 Å². The molecule has 0 saturated heterocycles. The highest BCUT2D eigenvalue weighted by molar-refractivity contribution is 8.00. The first-order valence-electron chi connectivity index (χ1n) is 6.12. The van der Waals surface area contributed by atoms with Crippen molar-refractivity contribution < 1.29 is 0 Å². The maximum Gasteiger partial charge on any atom is 0.0274 e. The fraction of sp³-hybridized carbons (Fsp3) is 0.375. The van der Waals surface area contributed by atoms with Crippen LogP contribution in [0.25, 0.3) is 10.8 Å². The smallest absolute Gasteiger partial charge is 0.0274 e. The van der Waals surface area contributed by atoms with Gasteiger partial charge >= 0.3 is 0 Å². The van der Waals surface area contributed by atoms with Gasteiger partial charge in [0, 0.05) is 10.00 Å². The average Bonchev–Trinajstić information content (AvgIpc) is 2.26. The third-order valence-electron chi connectivity index (χ3n) is 2.77. The summed E-state index contributed by atoms with van der Waals surface area (Å²) in [6.45, 7) is 9.11. The van der Waals surface area contributed by atoms with E-state index in [1.54, 1.807) is 0 Å². The molecule has 0 spiro atoms. The van der Waals surface area contributed by atoms with Crippen LogP contribution in [0.15, 0.2) is 42.5 Å². The Hall–Kier alpha value is -0.950. The van der Waals surface area contributed by atoms with Gasteiger partial charge in [0.2, 0.25) is 0 Å². The molecule has 0 saturated carbocycles. The van der Waals surface area contributed by atoms with Crippen LogP contribution >= 0.6 is 11.8 Å². The van der Waals surface area contributed by atoms with E-state index >= 15 is 0 Å². The second kappa shape index (κ2) is 4.73. The van der Waals surface area contributed by atoms with Crippen molar-refractivity contribution in [1.82, 2.24) is 0 Å². The summed E-state index contributed by atoms with van der Waals surface area (Å²) in [5.74, 6) is 0. The van der Waals surface area contributed by atoms with Gasteiger partial charge in [-0.25, -0.2) is 0 Å². The lowest BCUT2D eigenvalue weighted by Crippen LogP contribution is -2.09. The van der Waals surface area contributed by atoms with Gasteiger partial charge < -0.3 is 0 Å². The highest BCUT2D eigenvalue weighted by Crippen LogP contribution is 2.38. The SMILES string of the molecule is CC(SC(C)(C)C)c1ccc2ccccc2c1. The van der Waals surface area contributed by atoms with Gasteiger partial charge in [-0.3, -0.25) is 0 Å². The number of benzene rings is 2. The Morgan fingerprint density at radius 2 is 1.59 bits per heavy atom. The van der Waals surface area contributed by atoms with Gasteiger partial charge in [0.25, 0.3) is 0 Å². The van der Waals surface area contributed by atoms with Crippen molar-refractivity contribution in [3.8, 4) is 0 Å². The van der Waals surface area contributed by atoms with E-state index in [2.05, 4.69) is 70.2 Å². The normalized spacial score (nSPS) is 13.9. The zero-order valence-electron chi connectivity index (χ0n) is 11.0. The first-order valence-corrected chi connectivity index (χ1v) is 7.00. The van der Waals surface area contributed by atoms with Gasteiger partial charge in [-0.15, -0.1) is 11.8 Å². The first kappa shape index (κ1) is 12.5. The molecule has 0 heterocycles.